The highest BCUT2D eigenvalue weighted by molar-refractivity contribution is 6.01. The zero-order valence-electron chi connectivity index (χ0n) is 11.1. The van der Waals surface area contributed by atoms with E-state index in [1.165, 1.54) is 5.32 Å². The minimum absolute atomic E-state index is 0.0452. The van der Waals surface area contributed by atoms with Gasteiger partial charge in [-0.25, -0.2) is 0 Å². The van der Waals surface area contributed by atoms with Gasteiger partial charge in [0.05, 0.1) is 15.4 Å². The lowest BCUT2D eigenvalue weighted by Gasteiger charge is -2.15. The Morgan fingerprint density at radius 2 is 1.48 bits per heavy atom. The first-order valence-corrected chi connectivity index (χ1v) is 5.53. The summed E-state index contributed by atoms with van der Waals surface area (Å²) < 4.78 is 63.7. The molecule has 126 valence electrons. The van der Waals surface area contributed by atoms with Gasteiger partial charge < -0.3 is 5.32 Å². The molecule has 0 radical (unpaired) electrons. The Hall–Kier alpha value is -2.86. The number of amidine groups is 1. The van der Waals surface area contributed by atoms with Gasteiger partial charge in [-0.15, -0.1) is 0 Å². The zero-order chi connectivity index (χ0) is 18.2. The fourth-order valence-corrected chi connectivity index (χ4v) is 1.43. The number of rotatable bonds is 4. The molecule has 0 fully saturated rings. The molecule has 0 saturated carbocycles. The van der Waals surface area contributed by atoms with Crippen LogP contribution < -0.4 is 5.32 Å². The molecule has 2 N–H and O–H groups in total. The van der Waals surface area contributed by atoms with Crippen LogP contribution in [0.25, 0.3) is 0 Å². The monoisotopic (exact) mass is 342 g/mol. The van der Waals surface area contributed by atoms with Crippen LogP contribution in [0.2, 0.25) is 0 Å². The first-order chi connectivity index (χ1) is 10.2. The maximum atomic E-state index is 12.9. The van der Waals surface area contributed by atoms with Crippen LogP contribution in [0.15, 0.2) is 12.1 Å². The van der Waals surface area contributed by atoms with Gasteiger partial charge in [0.15, 0.2) is 11.5 Å². The van der Waals surface area contributed by atoms with Gasteiger partial charge in [0.1, 0.15) is 0 Å². The fraction of sp³-hybridized carbons (Fsp3) is 0.300. The molecular formula is C10H7F5N4O4. The van der Waals surface area contributed by atoms with Crippen LogP contribution in [0.1, 0.15) is 12.5 Å². The molecule has 0 aromatic heterocycles. The van der Waals surface area contributed by atoms with Crippen LogP contribution in [0, 0.1) is 25.6 Å². The molecule has 0 spiro atoms. The molecule has 0 aliphatic rings. The van der Waals surface area contributed by atoms with Gasteiger partial charge in [-0.2, -0.15) is 22.0 Å². The summed E-state index contributed by atoms with van der Waals surface area (Å²) >= 11 is 0. The average Bonchev–Trinajstić information content (AvgIpc) is 2.35. The van der Waals surface area contributed by atoms with E-state index >= 15 is 0 Å². The van der Waals surface area contributed by atoms with Gasteiger partial charge in [0, 0.05) is 19.1 Å². The van der Waals surface area contributed by atoms with E-state index < -0.39 is 50.4 Å². The van der Waals surface area contributed by atoms with Crippen molar-refractivity contribution in [3.8, 4) is 0 Å². The summed E-state index contributed by atoms with van der Waals surface area (Å²) in [6, 6.07) is -0.0904. The number of anilines is 1. The molecule has 0 saturated heterocycles. The normalized spacial score (nSPS) is 11.9. The maximum Gasteiger partial charge on any atom is 0.416 e. The topological polar surface area (TPSA) is 122 Å². The number of nitro benzene ring substituents is 2. The van der Waals surface area contributed by atoms with Crippen molar-refractivity contribution in [3.05, 3.63) is 37.9 Å². The summed E-state index contributed by atoms with van der Waals surface area (Å²) in [4.78, 5) is 18.8. The summed E-state index contributed by atoms with van der Waals surface area (Å²) in [5, 5.41) is 30.1. The quantitative estimate of drug-likeness (QED) is 0.285. The minimum atomic E-state index is -5.13. The second kappa shape index (κ2) is 5.73. The molecular weight excluding hydrogens is 335 g/mol. The number of nitro groups is 2. The molecule has 0 heterocycles. The first-order valence-electron chi connectivity index (χ1n) is 5.53. The number of nitrogens with one attached hydrogen (secondary N) is 2. The Bertz CT molecular complexity index is 648. The second-order valence-corrected chi connectivity index (χ2v) is 4.29. The van der Waals surface area contributed by atoms with Crippen LogP contribution in [0.5, 0.6) is 0 Å². The largest absolute Gasteiger partial charge is 0.416 e. The highest BCUT2D eigenvalue weighted by Crippen LogP contribution is 2.41. The Kier molecular flexibility index (Phi) is 4.54. The predicted molar refractivity (Wildman–Crippen MR) is 66.7 cm³/mol. The molecule has 0 amide bonds. The zero-order valence-corrected chi connectivity index (χ0v) is 11.1. The Labute approximate surface area is 123 Å². The number of hydrogen-bond acceptors (Lipinski definition) is 5. The molecule has 13 heteroatoms. The standard InChI is InChI=1S/C10H7F5N4O4/c1-9(11,12)8(16)17-7-5(18(20)21)2-4(10(13,14)15)3-6(7)19(22)23/h2-3H,1H3,(H2,16,17). The van der Waals surface area contributed by atoms with Crippen molar-refractivity contribution in [1.29, 1.82) is 5.41 Å². The Morgan fingerprint density at radius 1 is 1.09 bits per heavy atom. The lowest BCUT2D eigenvalue weighted by Crippen LogP contribution is -2.31. The van der Waals surface area contributed by atoms with E-state index in [0.717, 1.165) is 0 Å². The lowest BCUT2D eigenvalue weighted by atomic mass is 10.1. The Balaban J connectivity index is 3.63. The molecule has 1 aromatic carbocycles. The van der Waals surface area contributed by atoms with E-state index in [1.54, 1.807) is 0 Å². The van der Waals surface area contributed by atoms with Crippen LogP contribution in [0.4, 0.5) is 39.0 Å². The Morgan fingerprint density at radius 3 is 1.74 bits per heavy atom. The molecule has 0 atom stereocenters. The van der Waals surface area contributed by atoms with Gasteiger partial charge in [-0.3, -0.25) is 25.6 Å². The molecule has 8 nitrogen and oxygen atoms in total. The molecule has 0 bridgehead atoms. The van der Waals surface area contributed by atoms with Crippen molar-refractivity contribution < 1.29 is 31.8 Å². The van der Waals surface area contributed by atoms with E-state index in [2.05, 4.69) is 0 Å². The maximum absolute atomic E-state index is 12.9. The fourth-order valence-electron chi connectivity index (χ4n) is 1.43. The van der Waals surface area contributed by atoms with E-state index in [4.69, 9.17) is 5.41 Å². The van der Waals surface area contributed by atoms with Crippen LogP contribution in [0.3, 0.4) is 0 Å². The molecule has 0 aliphatic heterocycles. The molecule has 1 rings (SSSR count). The number of nitrogens with zero attached hydrogens (tertiary/aromatic N) is 2. The molecule has 0 unspecified atom stereocenters. The third kappa shape index (κ3) is 4.08. The highest BCUT2D eigenvalue weighted by Gasteiger charge is 2.39. The SMILES string of the molecule is CC(F)(F)C(=N)Nc1c([N+](=O)[O-])cc(C(F)(F)F)cc1[N+](=O)[O-]. The van der Waals surface area contributed by atoms with Crippen molar-refractivity contribution in [1.82, 2.24) is 0 Å². The van der Waals surface area contributed by atoms with Gasteiger partial charge in [-0.05, 0) is 0 Å². The van der Waals surface area contributed by atoms with Crippen LogP contribution in [-0.4, -0.2) is 21.6 Å². The molecule has 1 aromatic rings. The number of halogens is 5. The van der Waals surface area contributed by atoms with E-state index in [9.17, 15) is 42.2 Å². The second-order valence-electron chi connectivity index (χ2n) is 4.29. The summed E-state index contributed by atoms with van der Waals surface area (Å²) in [6.07, 6.45) is -5.13. The summed E-state index contributed by atoms with van der Waals surface area (Å²) in [7, 11) is 0. The van der Waals surface area contributed by atoms with Gasteiger partial charge in [-0.1, -0.05) is 0 Å². The van der Waals surface area contributed by atoms with Crippen molar-refractivity contribution in [2.45, 2.75) is 19.0 Å². The number of hydrogen-bond donors (Lipinski definition) is 2. The van der Waals surface area contributed by atoms with Crippen molar-refractivity contribution in [2.75, 3.05) is 5.32 Å². The molecule has 23 heavy (non-hydrogen) atoms. The van der Waals surface area contributed by atoms with Crippen molar-refractivity contribution in [2.24, 2.45) is 0 Å². The van der Waals surface area contributed by atoms with Crippen LogP contribution in [-0.2, 0) is 6.18 Å². The first kappa shape index (κ1) is 18.2. The lowest BCUT2D eigenvalue weighted by molar-refractivity contribution is -0.392. The third-order valence-corrected chi connectivity index (χ3v) is 2.51. The summed E-state index contributed by atoms with van der Waals surface area (Å²) in [6.45, 7) is 0.226. The summed E-state index contributed by atoms with van der Waals surface area (Å²) in [5.41, 5.74) is -5.85. The third-order valence-electron chi connectivity index (χ3n) is 2.51. The van der Waals surface area contributed by atoms with Crippen molar-refractivity contribution >= 4 is 22.9 Å². The predicted octanol–water partition coefficient (Wildman–Crippen LogP) is 3.57. The van der Waals surface area contributed by atoms with Crippen molar-refractivity contribution in [3.63, 3.8) is 0 Å². The highest BCUT2D eigenvalue weighted by atomic mass is 19.4. The van der Waals surface area contributed by atoms with E-state index in [1.807, 2.05) is 0 Å². The molecule has 0 aliphatic carbocycles. The number of alkyl halides is 5. The summed E-state index contributed by atoms with van der Waals surface area (Å²) in [5.74, 6) is -5.49. The van der Waals surface area contributed by atoms with Gasteiger partial charge >= 0.3 is 12.1 Å². The van der Waals surface area contributed by atoms with Gasteiger partial charge in [0.2, 0.25) is 0 Å². The van der Waals surface area contributed by atoms with E-state index in [0.29, 0.717) is 0 Å². The minimum Gasteiger partial charge on any atom is -0.328 e. The van der Waals surface area contributed by atoms with E-state index in [-0.39, 0.29) is 19.1 Å². The number of benzene rings is 1. The smallest absolute Gasteiger partial charge is 0.328 e. The van der Waals surface area contributed by atoms with Crippen LogP contribution >= 0.6 is 0 Å². The average molecular weight is 342 g/mol. The van der Waals surface area contributed by atoms with Gasteiger partial charge in [0.25, 0.3) is 11.4 Å².